The van der Waals surface area contributed by atoms with Crippen molar-refractivity contribution in [3.05, 3.63) is 11.4 Å². The maximum Gasteiger partial charge on any atom is 0.223 e. The molecule has 6 nitrogen and oxygen atoms in total. The van der Waals surface area contributed by atoms with Gasteiger partial charge in [-0.2, -0.15) is 0 Å². The van der Waals surface area contributed by atoms with Crippen molar-refractivity contribution in [2.75, 3.05) is 7.11 Å². The molecule has 1 aromatic heterocycles. The Morgan fingerprint density at radius 3 is 2.81 bits per heavy atom. The number of carbonyl (C=O) groups is 1. The van der Waals surface area contributed by atoms with Gasteiger partial charge in [-0.3, -0.25) is 4.79 Å². The fraction of sp³-hybridized carbons (Fsp3) is 0.700. The summed E-state index contributed by atoms with van der Waals surface area (Å²) in [5, 5.41) is 8.01. The second kappa shape index (κ2) is 5.60. The van der Waals surface area contributed by atoms with Gasteiger partial charge in [0.1, 0.15) is 0 Å². The first-order valence-corrected chi connectivity index (χ1v) is 5.30. The molecule has 0 spiro atoms. The summed E-state index contributed by atoms with van der Waals surface area (Å²) >= 11 is 0. The minimum Gasteiger partial charge on any atom is -0.378 e. The highest BCUT2D eigenvalue weighted by Gasteiger charge is 2.17. The van der Waals surface area contributed by atoms with Crippen LogP contribution in [0.25, 0.3) is 0 Å². The Bertz CT molecular complexity index is 362. The highest BCUT2D eigenvalue weighted by molar-refractivity contribution is 5.76. The van der Waals surface area contributed by atoms with E-state index in [0.717, 1.165) is 12.1 Å². The summed E-state index contributed by atoms with van der Waals surface area (Å²) in [6.45, 7) is 4.50. The fourth-order valence-electron chi connectivity index (χ4n) is 1.46. The summed E-state index contributed by atoms with van der Waals surface area (Å²) in [4.78, 5) is 10.9. The molecule has 0 aliphatic heterocycles. The molecule has 0 radical (unpaired) electrons. The van der Waals surface area contributed by atoms with Crippen molar-refractivity contribution in [1.82, 2.24) is 15.0 Å². The van der Waals surface area contributed by atoms with E-state index >= 15 is 0 Å². The summed E-state index contributed by atoms with van der Waals surface area (Å²) < 4.78 is 6.88. The van der Waals surface area contributed by atoms with Crippen molar-refractivity contribution >= 4 is 5.91 Å². The number of rotatable bonds is 6. The van der Waals surface area contributed by atoms with Gasteiger partial charge in [0.25, 0.3) is 0 Å². The first kappa shape index (κ1) is 12.6. The van der Waals surface area contributed by atoms with Crippen molar-refractivity contribution in [2.24, 2.45) is 5.73 Å². The van der Waals surface area contributed by atoms with Gasteiger partial charge in [-0.1, -0.05) is 12.1 Å². The highest BCUT2D eigenvalue weighted by Crippen LogP contribution is 2.15. The zero-order chi connectivity index (χ0) is 12.1. The molecule has 16 heavy (non-hydrogen) atoms. The lowest BCUT2D eigenvalue weighted by molar-refractivity contribution is -0.117. The van der Waals surface area contributed by atoms with Gasteiger partial charge in [0.2, 0.25) is 5.91 Å². The Kier molecular flexibility index (Phi) is 4.42. The van der Waals surface area contributed by atoms with Gasteiger partial charge < -0.3 is 10.5 Å². The molecule has 0 fully saturated rings. The van der Waals surface area contributed by atoms with Crippen LogP contribution >= 0.6 is 0 Å². The number of primary amides is 1. The van der Waals surface area contributed by atoms with E-state index in [-0.39, 0.29) is 12.5 Å². The third kappa shape index (κ3) is 2.79. The van der Waals surface area contributed by atoms with Crippen LogP contribution in [0.3, 0.4) is 0 Å². The van der Waals surface area contributed by atoms with Gasteiger partial charge in [-0.15, -0.1) is 5.10 Å². The summed E-state index contributed by atoms with van der Waals surface area (Å²) in [6, 6.07) is 0.235. The number of carbonyl (C=O) groups excluding carboxylic acids is 1. The monoisotopic (exact) mass is 226 g/mol. The minimum atomic E-state index is -0.409. The van der Waals surface area contributed by atoms with E-state index in [2.05, 4.69) is 17.2 Å². The molecule has 1 amide bonds. The van der Waals surface area contributed by atoms with Crippen LogP contribution in [0.15, 0.2) is 0 Å². The van der Waals surface area contributed by atoms with E-state index in [9.17, 15) is 4.79 Å². The molecular formula is C10H18N4O2. The van der Waals surface area contributed by atoms with E-state index < -0.39 is 5.91 Å². The summed E-state index contributed by atoms with van der Waals surface area (Å²) in [5.74, 6) is -0.409. The van der Waals surface area contributed by atoms with Crippen LogP contribution < -0.4 is 5.73 Å². The quantitative estimate of drug-likeness (QED) is 0.762. The average molecular weight is 226 g/mol. The topological polar surface area (TPSA) is 83.0 Å². The SMILES string of the molecule is CCC(C)n1nnc(CC(N)=O)c1COC. The van der Waals surface area contributed by atoms with Crippen LogP contribution in [0.4, 0.5) is 0 Å². The smallest absolute Gasteiger partial charge is 0.223 e. The molecule has 0 aromatic carbocycles. The van der Waals surface area contributed by atoms with Crippen molar-refractivity contribution in [2.45, 2.75) is 39.3 Å². The first-order valence-electron chi connectivity index (χ1n) is 5.30. The third-order valence-corrected chi connectivity index (χ3v) is 2.50. The molecular weight excluding hydrogens is 208 g/mol. The van der Waals surface area contributed by atoms with Gasteiger partial charge in [0, 0.05) is 7.11 Å². The van der Waals surface area contributed by atoms with Crippen LogP contribution in [0.5, 0.6) is 0 Å². The van der Waals surface area contributed by atoms with E-state index in [1.54, 1.807) is 11.8 Å². The van der Waals surface area contributed by atoms with Crippen molar-refractivity contribution in [3.8, 4) is 0 Å². The van der Waals surface area contributed by atoms with Gasteiger partial charge >= 0.3 is 0 Å². The number of hydrogen-bond acceptors (Lipinski definition) is 4. The van der Waals surface area contributed by atoms with Crippen LogP contribution in [-0.2, 0) is 22.6 Å². The number of ether oxygens (including phenoxy) is 1. The Labute approximate surface area is 94.8 Å². The molecule has 90 valence electrons. The molecule has 0 aliphatic carbocycles. The Hall–Kier alpha value is -1.43. The van der Waals surface area contributed by atoms with E-state index in [1.807, 2.05) is 6.92 Å². The zero-order valence-electron chi connectivity index (χ0n) is 9.93. The number of nitrogens with two attached hydrogens (primary N) is 1. The molecule has 6 heteroatoms. The van der Waals surface area contributed by atoms with Crippen LogP contribution in [0, 0.1) is 0 Å². The predicted molar refractivity (Wildman–Crippen MR) is 58.6 cm³/mol. The van der Waals surface area contributed by atoms with E-state index in [0.29, 0.717) is 12.3 Å². The molecule has 0 saturated carbocycles. The third-order valence-electron chi connectivity index (χ3n) is 2.50. The Morgan fingerprint density at radius 1 is 1.62 bits per heavy atom. The summed E-state index contributed by atoms with van der Waals surface area (Å²) in [5.41, 5.74) is 6.59. The Balaban J connectivity index is 3.00. The maximum absolute atomic E-state index is 10.9. The predicted octanol–water partition coefficient (Wildman–Crippen LogP) is 0.423. The normalized spacial score (nSPS) is 12.7. The largest absolute Gasteiger partial charge is 0.378 e. The average Bonchev–Trinajstić information content (AvgIpc) is 2.61. The molecule has 1 rings (SSSR count). The molecule has 2 N–H and O–H groups in total. The first-order chi connectivity index (χ1) is 7.60. The van der Waals surface area contributed by atoms with Gasteiger partial charge in [0.15, 0.2) is 0 Å². The van der Waals surface area contributed by atoms with Gasteiger partial charge in [-0.05, 0) is 13.3 Å². The van der Waals surface area contributed by atoms with E-state index in [4.69, 9.17) is 10.5 Å². The fourth-order valence-corrected chi connectivity index (χ4v) is 1.46. The van der Waals surface area contributed by atoms with Crippen LogP contribution in [-0.4, -0.2) is 28.0 Å². The zero-order valence-corrected chi connectivity index (χ0v) is 9.93. The van der Waals surface area contributed by atoms with Crippen molar-refractivity contribution in [3.63, 3.8) is 0 Å². The molecule has 0 aliphatic rings. The van der Waals surface area contributed by atoms with Gasteiger partial charge in [-0.25, -0.2) is 4.68 Å². The number of methoxy groups -OCH3 is 1. The van der Waals surface area contributed by atoms with E-state index in [1.165, 1.54) is 0 Å². The molecule has 1 atom stereocenters. The molecule has 1 aromatic rings. The van der Waals surface area contributed by atoms with Crippen molar-refractivity contribution in [1.29, 1.82) is 0 Å². The lowest BCUT2D eigenvalue weighted by atomic mass is 10.2. The lowest BCUT2D eigenvalue weighted by Gasteiger charge is -2.12. The van der Waals surface area contributed by atoms with Crippen LogP contribution in [0.2, 0.25) is 0 Å². The second-order valence-corrected chi connectivity index (χ2v) is 3.76. The summed E-state index contributed by atoms with van der Waals surface area (Å²) in [7, 11) is 1.60. The lowest BCUT2D eigenvalue weighted by Crippen LogP contribution is -2.16. The summed E-state index contributed by atoms with van der Waals surface area (Å²) in [6.07, 6.45) is 1.05. The van der Waals surface area contributed by atoms with Gasteiger partial charge in [0.05, 0.1) is 30.5 Å². The molecule has 1 unspecified atom stereocenters. The number of hydrogen-bond donors (Lipinski definition) is 1. The van der Waals surface area contributed by atoms with Crippen molar-refractivity contribution < 1.29 is 9.53 Å². The molecule has 0 bridgehead atoms. The Morgan fingerprint density at radius 2 is 2.31 bits per heavy atom. The van der Waals surface area contributed by atoms with Crippen LogP contribution in [0.1, 0.15) is 37.7 Å². The number of nitrogens with zero attached hydrogens (tertiary/aromatic N) is 3. The standard InChI is InChI=1S/C10H18N4O2/c1-4-7(2)14-9(6-16-3)8(12-13-14)5-10(11)15/h7H,4-6H2,1-3H3,(H2,11,15). The number of amides is 1. The number of aromatic nitrogens is 3. The minimum absolute atomic E-state index is 0.106. The second-order valence-electron chi connectivity index (χ2n) is 3.76. The molecule has 1 heterocycles. The maximum atomic E-state index is 10.9. The molecule has 0 saturated heterocycles. The highest BCUT2D eigenvalue weighted by atomic mass is 16.5.